The van der Waals surface area contributed by atoms with Gasteiger partial charge in [0.05, 0.1) is 9.52 Å². The molecular weight excluding hydrogens is 206 g/mol. The second-order valence-corrected chi connectivity index (χ2v) is 6.69. The summed E-state index contributed by atoms with van der Waals surface area (Å²) >= 11 is 0. The Balaban J connectivity index is 3.63. The Labute approximate surface area is 96.7 Å². The quantitative estimate of drug-likeness (QED) is 0.479. The third kappa shape index (κ3) is 7.96. The van der Waals surface area contributed by atoms with Gasteiger partial charge in [-0.15, -0.1) is 0 Å². The van der Waals surface area contributed by atoms with Crippen molar-refractivity contribution in [1.82, 2.24) is 5.32 Å². The van der Waals surface area contributed by atoms with Crippen molar-refractivity contribution in [3.8, 4) is 0 Å². The number of ether oxygens (including phenoxy) is 2. The molecule has 0 radical (unpaired) electrons. The van der Waals surface area contributed by atoms with Gasteiger partial charge in [-0.1, -0.05) is 26.8 Å². The third-order valence-corrected chi connectivity index (χ3v) is 4.57. The van der Waals surface area contributed by atoms with E-state index in [0.717, 1.165) is 13.1 Å². The average Bonchev–Trinajstić information content (AvgIpc) is 2.22. The van der Waals surface area contributed by atoms with Gasteiger partial charge >= 0.3 is 0 Å². The minimum absolute atomic E-state index is 0.0972. The standard InChI is InChI=1S/C11H27NO2Si/c1-6-12-9-11(2,3)7-8-15-10(13-4)14-5/h10,12H,6-9,15H2,1-5H3. The average molecular weight is 233 g/mol. The van der Waals surface area contributed by atoms with Crippen LogP contribution in [0.1, 0.15) is 27.2 Å². The Morgan fingerprint density at radius 3 is 2.33 bits per heavy atom. The molecule has 0 amide bonds. The molecule has 0 heterocycles. The van der Waals surface area contributed by atoms with Gasteiger partial charge in [-0.2, -0.15) is 0 Å². The van der Waals surface area contributed by atoms with Gasteiger partial charge in [0, 0.05) is 20.8 Å². The summed E-state index contributed by atoms with van der Waals surface area (Å²) in [5.41, 5.74) is 0.398. The molecule has 0 fully saturated rings. The molecule has 0 spiro atoms. The molecule has 0 aliphatic carbocycles. The fourth-order valence-electron chi connectivity index (χ4n) is 1.63. The SMILES string of the molecule is CCNCC(C)(C)CC[SiH2]C(OC)OC. The molecule has 0 aromatic rings. The number of methoxy groups -OCH3 is 2. The minimum atomic E-state index is -0.250. The molecule has 0 saturated heterocycles. The van der Waals surface area contributed by atoms with E-state index in [4.69, 9.17) is 9.47 Å². The summed E-state index contributed by atoms with van der Waals surface area (Å²) < 4.78 is 10.4. The van der Waals surface area contributed by atoms with Crippen molar-refractivity contribution in [2.24, 2.45) is 5.41 Å². The van der Waals surface area contributed by atoms with Gasteiger partial charge in [-0.05, 0) is 18.4 Å². The van der Waals surface area contributed by atoms with Gasteiger partial charge < -0.3 is 14.8 Å². The normalized spacial score (nSPS) is 13.2. The van der Waals surface area contributed by atoms with E-state index in [1.54, 1.807) is 14.2 Å². The fourth-order valence-corrected chi connectivity index (χ4v) is 3.60. The smallest absolute Gasteiger partial charge is 0.134 e. The summed E-state index contributed by atoms with van der Waals surface area (Å²) in [6.45, 7) is 8.94. The minimum Gasteiger partial charge on any atom is -0.360 e. The lowest BCUT2D eigenvalue weighted by atomic mass is 9.90. The van der Waals surface area contributed by atoms with E-state index < -0.39 is 0 Å². The first kappa shape index (κ1) is 15.1. The van der Waals surface area contributed by atoms with Crippen molar-refractivity contribution in [2.45, 2.75) is 39.1 Å². The Bertz CT molecular complexity index is 150. The molecular formula is C11H27NO2Si. The monoisotopic (exact) mass is 233 g/mol. The van der Waals surface area contributed by atoms with E-state index in [9.17, 15) is 0 Å². The zero-order valence-electron chi connectivity index (χ0n) is 10.9. The lowest BCUT2D eigenvalue weighted by Gasteiger charge is -2.25. The van der Waals surface area contributed by atoms with Crippen LogP contribution in [-0.2, 0) is 9.47 Å². The van der Waals surface area contributed by atoms with Crippen molar-refractivity contribution >= 4 is 9.52 Å². The lowest BCUT2D eigenvalue weighted by molar-refractivity contribution is -0.0442. The first-order valence-electron chi connectivity index (χ1n) is 5.82. The van der Waals surface area contributed by atoms with E-state index >= 15 is 0 Å². The molecule has 0 aromatic carbocycles. The number of hydrogen-bond donors (Lipinski definition) is 1. The summed E-state index contributed by atoms with van der Waals surface area (Å²) in [7, 11) is 3.20. The predicted octanol–water partition coefficient (Wildman–Crippen LogP) is 1.18. The van der Waals surface area contributed by atoms with E-state index in [0.29, 0.717) is 5.41 Å². The molecule has 0 aliphatic rings. The highest BCUT2D eigenvalue weighted by Gasteiger charge is 2.17. The van der Waals surface area contributed by atoms with Crippen LogP contribution in [0.3, 0.4) is 0 Å². The van der Waals surface area contributed by atoms with Crippen LogP contribution >= 0.6 is 0 Å². The molecule has 0 atom stereocenters. The van der Waals surface area contributed by atoms with Crippen LogP contribution in [-0.4, -0.2) is 42.7 Å². The highest BCUT2D eigenvalue weighted by Crippen LogP contribution is 2.21. The third-order valence-electron chi connectivity index (χ3n) is 2.67. The van der Waals surface area contributed by atoms with Crippen LogP contribution in [0.25, 0.3) is 0 Å². The number of hydrogen-bond acceptors (Lipinski definition) is 3. The highest BCUT2D eigenvalue weighted by atomic mass is 28.2. The second-order valence-electron chi connectivity index (χ2n) is 4.74. The van der Waals surface area contributed by atoms with Crippen molar-refractivity contribution < 1.29 is 9.47 Å². The van der Waals surface area contributed by atoms with E-state index in [-0.39, 0.29) is 15.4 Å². The van der Waals surface area contributed by atoms with Crippen LogP contribution in [0.5, 0.6) is 0 Å². The summed E-state index contributed by atoms with van der Waals surface area (Å²) in [5.74, 6) is 0.0972. The predicted molar refractivity (Wildman–Crippen MR) is 68.1 cm³/mol. The summed E-state index contributed by atoms with van der Waals surface area (Å²) in [6, 6.07) is 1.28. The molecule has 0 aliphatic heterocycles. The van der Waals surface area contributed by atoms with Crippen molar-refractivity contribution in [1.29, 1.82) is 0 Å². The van der Waals surface area contributed by atoms with Crippen LogP contribution in [0.15, 0.2) is 0 Å². The molecule has 4 heteroatoms. The summed E-state index contributed by atoms with van der Waals surface area (Å²) in [5, 5.41) is 3.41. The van der Waals surface area contributed by atoms with Crippen LogP contribution in [0.2, 0.25) is 6.04 Å². The van der Waals surface area contributed by atoms with Crippen molar-refractivity contribution in [2.75, 3.05) is 27.3 Å². The zero-order chi connectivity index (χ0) is 11.7. The largest absolute Gasteiger partial charge is 0.360 e. The number of rotatable bonds is 9. The second kappa shape index (κ2) is 8.27. The zero-order valence-corrected chi connectivity index (χ0v) is 12.3. The molecule has 0 aromatic heterocycles. The highest BCUT2D eigenvalue weighted by molar-refractivity contribution is 6.36. The van der Waals surface area contributed by atoms with Crippen LogP contribution in [0, 0.1) is 5.41 Å². The maximum absolute atomic E-state index is 5.22. The van der Waals surface area contributed by atoms with E-state index in [2.05, 4.69) is 26.1 Å². The molecule has 0 rings (SSSR count). The van der Waals surface area contributed by atoms with Gasteiger partial charge in [0.2, 0.25) is 0 Å². The fraction of sp³-hybridized carbons (Fsp3) is 1.00. The Kier molecular flexibility index (Phi) is 8.33. The maximum Gasteiger partial charge on any atom is 0.134 e. The first-order valence-corrected chi connectivity index (χ1v) is 7.63. The molecule has 0 unspecified atom stereocenters. The summed E-state index contributed by atoms with van der Waals surface area (Å²) in [6.07, 6.45) is 1.26. The molecule has 0 bridgehead atoms. The molecule has 3 nitrogen and oxygen atoms in total. The van der Waals surface area contributed by atoms with Gasteiger partial charge in [-0.3, -0.25) is 0 Å². The van der Waals surface area contributed by atoms with Crippen molar-refractivity contribution in [3.63, 3.8) is 0 Å². The molecule has 92 valence electrons. The molecule has 1 N–H and O–H groups in total. The first-order chi connectivity index (χ1) is 7.05. The number of nitrogens with one attached hydrogen (secondary N) is 1. The molecule has 0 saturated carbocycles. The van der Waals surface area contributed by atoms with Crippen molar-refractivity contribution in [3.05, 3.63) is 0 Å². The van der Waals surface area contributed by atoms with Gasteiger partial charge in [0.15, 0.2) is 0 Å². The van der Waals surface area contributed by atoms with E-state index in [1.807, 2.05) is 0 Å². The van der Waals surface area contributed by atoms with Crippen LogP contribution in [0.4, 0.5) is 0 Å². The Hall–Kier alpha value is 0.0969. The van der Waals surface area contributed by atoms with Gasteiger partial charge in [-0.25, -0.2) is 0 Å². The van der Waals surface area contributed by atoms with E-state index in [1.165, 1.54) is 12.5 Å². The Morgan fingerprint density at radius 1 is 1.27 bits per heavy atom. The Morgan fingerprint density at radius 2 is 1.87 bits per heavy atom. The summed E-state index contributed by atoms with van der Waals surface area (Å²) in [4.78, 5) is 0. The lowest BCUT2D eigenvalue weighted by Crippen LogP contribution is -2.30. The topological polar surface area (TPSA) is 30.5 Å². The van der Waals surface area contributed by atoms with Gasteiger partial charge in [0.1, 0.15) is 5.91 Å². The van der Waals surface area contributed by atoms with Gasteiger partial charge in [0.25, 0.3) is 0 Å². The molecule has 15 heavy (non-hydrogen) atoms. The maximum atomic E-state index is 5.22. The van der Waals surface area contributed by atoms with Crippen LogP contribution < -0.4 is 5.32 Å².